The summed E-state index contributed by atoms with van der Waals surface area (Å²) in [4.78, 5) is 14.1. The van der Waals surface area contributed by atoms with E-state index in [9.17, 15) is 4.79 Å². The molecule has 0 spiro atoms. The Morgan fingerprint density at radius 2 is 2.14 bits per heavy atom. The van der Waals surface area contributed by atoms with Crippen LogP contribution in [0, 0.1) is 5.92 Å². The summed E-state index contributed by atoms with van der Waals surface area (Å²) in [5.41, 5.74) is 1.30. The average molecular weight is 304 g/mol. The minimum absolute atomic E-state index is 0.283. The van der Waals surface area contributed by atoms with Gasteiger partial charge in [0, 0.05) is 26.1 Å². The van der Waals surface area contributed by atoms with Crippen molar-refractivity contribution in [2.45, 2.75) is 25.7 Å². The van der Waals surface area contributed by atoms with Gasteiger partial charge in [0.15, 0.2) is 0 Å². The fraction of sp³-hybridized carbons (Fsp3) is 0.611. The van der Waals surface area contributed by atoms with Crippen molar-refractivity contribution in [3.05, 3.63) is 35.9 Å². The van der Waals surface area contributed by atoms with E-state index in [-0.39, 0.29) is 5.91 Å². The van der Waals surface area contributed by atoms with Crippen LogP contribution in [0.15, 0.2) is 30.3 Å². The van der Waals surface area contributed by atoms with Crippen molar-refractivity contribution in [2.75, 3.05) is 39.9 Å². The molecule has 0 aromatic heterocycles. The fourth-order valence-corrected chi connectivity index (χ4v) is 2.93. The number of nitrogens with zero attached hydrogens (tertiary/aromatic N) is 1. The van der Waals surface area contributed by atoms with Gasteiger partial charge in [0.05, 0.1) is 6.61 Å². The van der Waals surface area contributed by atoms with E-state index in [0.29, 0.717) is 18.9 Å². The number of hydrogen-bond acceptors (Lipinski definition) is 3. The summed E-state index contributed by atoms with van der Waals surface area (Å²) in [5.74, 6) is 0.904. The SMILES string of the molecule is CNCC1CCN(C(=O)CCCOCCc2ccccc2)C1. The first-order chi connectivity index (χ1) is 10.8. The Morgan fingerprint density at radius 1 is 1.32 bits per heavy atom. The van der Waals surface area contributed by atoms with Gasteiger partial charge in [-0.05, 0) is 44.3 Å². The van der Waals surface area contributed by atoms with Crippen LogP contribution in [-0.4, -0.2) is 50.7 Å². The predicted octanol–water partition coefficient (Wildman–Crippen LogP) is 2.09. The maximum absolute atomic E-state index is 12.1. The smallest absolute Gasteiger partial charge is 0.222 e. The average Bonchev–Trinajstić information content (AvgIpc) is 3.01. The number of carbonyl (C=O) groups excluding carboxylic acids is 1. The molecule has 1 aromatic rings. The minimum Gasteiger partial charge on any atom is -0.381 e. The molecule has 1 amide bonds. The Morgan fingerprint density at radius 3 is 2.91 bits per heavy atom. The molecular formula is C18H28N2O2. The third kappa shape index (κ3) is 5.78. The van der Waals surface area contributed by atoms with Crippen LogP contribution in [0.1, 0.15) is 24.8 Å². The van der Waals surface area contributed by atoms with Gasteiger partial charge < -0.3 is 15.0 Å². The highest BCUT2D eigenvalue weighted by Gasteiger charge is 2.24. The molecule has 122 valence electrons. The topological polar surface area (TPSA) is 41.6 Å². The number of nitrogens with one attached hydrogen (secondary N) is 1. The molecule has 1 saturated heterocycles. The number of amides is 1. The number of likely N-dealkylation sites (tertiary alicyclic amines) is 1. The Kier molecular flexibility index (Phi) is 7.40. The van der Waals surface area contributed by atoms with Crippen molar-refractivity contribution in [2.24, 2.45) is 5.92 Å². The molecule has 4 heteroatoms. The fourth-order valence-electron chi connectivity index (χ4n) is 2.93. The lowest BCUT2D eigenvalue weighted by Crippen LogP contribution is -2.30. The monoisotopic (exact) mass is 304 g/mol. The van der Waals surface area contributed by atoms with Gasteiger partial charge in [-0.3, -0.25) is 4.79 Å². The van der Waals surface area contributed by atoms with Crippen LogP contribution >= 0.6 is 0 Å². The molecule has 1 unspecified atom stereocenters. The first kappa shape index (κ1) is 17.0. The van der Waals surface area contributed by atoms with E-state index in [2.05, 4.69) is 17.4 Å². The zero-order valence-corrected chi connectivity index (χ0v) is 13.6. The molecule has 1 aliphatic rings. The van der Waals surface area contributed by atoms with E-state index in [4.69, 9.17) is 4.74 Å². The molecule has 0 aliphatic carbocycles. The second-order valence-electron chi connectivity index (χ2n) is 6.00. The number of ether oxygens (including phenoxy) is 1. The predicted molar refractivity (Wildman–Crippen MR) is 88.8 cm³/mol. The van der Waals surface area contributed by atoms with Gasteiger partial charge >= 0.3 is 0 Å². The highest BCUT2D eigenvalue weighted by molar-refractivity contribution is 5.76. The summed E-state index contributed by atoms with van der Waals surface area (Å²) >= 11 is 0. The quantitative estimate of drug-likeness (QED) is 0.710. The molecule has 22 heavy (non-hydrogen) atoms. The summed E-state index contributed by atoms with van der Waals surface area (Å²) in [6, 6.07) is 10.3. The molecule has 0 saturated carbocycles. The lowest BCUT2D eigenvalue weighted by molar-refractivity contribution is -0.130. The van der Waals surface area contributed by atoms with Crippen molar-refractivity contribution >= 4 is 5.91 Å². The lowest BCUT2D eigenvalue weighted by Gasteiger charge is -2.16. The van der Waals surface area contributed by atoms with Gasteiger partial charge in [0.2, 0.25) is 5.91 Å². The highest BCUT2D eigenvalue weighted by Crippen LogP contribution is 2.16. The van der Waals surface area contributed by atoms with Crippen LogP contribution in [0.3, 0.4) is 0 Å². The molecule has 1 aliphatic heterocycles. The molecule has 0 radical (unpaired) electrons. The number of rotatable bonds is 9. The minimum atomic E-state index is 0.283. The highest BCUT2D eigenvalue weighted by atomic mass is 16.5. The Labute approximate surface area is 133 Å². The summed E-state index contributed by atoms with van der Waals surface area (Å²) in [7, 11) is 1.97. The van der Waals surface area contributed by atoms with Crippen molar-refractivity contribution in [1.29, 1.82) is 0 Å². The van der Waals surface area contributed by atoms with E-state index in [1.54, 1.807) is 0 Å². The van der Waals surface area contributed by atoms with E-state index in [0.717, 1.165) is 45.5 Å². The van der Waals surface area contributed by atoms with Gasteiger partial charge in [-0.2, -0.15) is 0 Å². The number of hydrogen-bond donors (Lipinski definition) is 1. The third-order valence-electron chi connectivity index (χ3n) is 4.19. The second-order valence-corrected chi connectivity index (χ2v) is 6.00. The largest absolute Gasteiger partial charge is 0.381 e. The summed E-state index contributed by atoms with van der Waals surface area (Å²) in [6.07, 6.45) is 3.49. The summed E-state index contributed by atoms with van der Waals surface area (Å²) in [5, 5.41) is 3.19. The molecule has 2 rings (SSSR count). The van der Waals surface area contributed by atoms with Crippen LogP contribution in [-0.2, 0) is 16.0 Å². The number of benzene rings is 1. The van der Waals surface area contributed by atoms with Crippen LogP contribution in [0.2, 0.25) is 0 Å². The standard InChI is InChI=1S/C18H28N2O2/c1-19-14-17-9-11-20(15-17)18(21)8-5-12-22-13-10-16-6-3-2-4-7-16/h2-4,6-7,17,19H,5,8-15H2,1H3. The molecule has 4 nitrogen and oxygen atoms in total. The van der Waals surface area contributed by atoms with E-state index in [1.165, 1.54) is 5.56 Å². The molecule has 1 N–H and O–H groups in total. The molecule has 0 bridgehead atoms. The van der Waals surface area contributed by atoms with Crippen molar-refractivity contribution in [3.63, 3.8) is 0 Å². The van der Waals surface area contributed by atoms with Gasteiger partial charge in [0.1, 0.15) is 0 Å². The van der Waals surface area contributed by atoms with Gasteiger partial charge in [-0.25, -0.2) is 0 Å². The third-order valence-corrected chi connectivity index (χ3v) is 4.19. The van der Waals surface area contributed by atoms with E-state index >= 15 is 0 Å². The van der Waals surface area contributed by atoms with Crippen molar-refractivity contribution in [1.82, 2.24) is 10.2 Å². The van der Waals surface area contributed by atoms with Crippen LogP contribution in [0.25, 0.3) is 0 Å². The van der Waals surface area contributed by atoms with E-state index in [1.807, 2.05) is 30.1 Å². The first-order valence-corrected chi connectivity index (χ1v) is 8.33. The van der Waals surface area contributed by atoms with Crippen LogP contribution in [0.4, 0.5) is 0 Å². The van der Waals surface area contributed by atoms with Gasteiger partial charge in [0.25, 0.3) is 0 Å². The Hall–Kier alpha value is -1.39. The van der Waals surface area contributed by atoms with Crippen molar-refractivity contribution < 1.29 is 9.53 Å². The molecule has 1 atom stereocenters. The second kappa shape index (κ2) is 9.59. The van der Waals surface area contributed by atoms with Crippen molar-refractivity contribution in [3.8, 4) is 0 Å². The normalized spacial score (nSPS) is 17.9. The molecule has 1 aromatic carbocycles. The molecule has 1 fully saturated rings. The lowest BCUT2D eigenvalue weighted by atomic mass is 10.1. The number of carbonyl (C=O) groups is 1. The maximum atomic E-state index is 12.1. The van der Waals surface area contributed by atoms with Gasteiger partial charge in [-0.15, -0.1) is 0 Å². The zero-order valence-electron chi connectivity index (χ0n) is 13.6. The van der Waals surface area contributed by atoms with Crippen LogP contribution in [0.5, 0.6) is 0 Å². The first-order valence-electron chi connectivity index (χ1n) is 8.33. The van der Waals surface area contributed by atoms with E-state index < -0.39 is 0 Å². The van der Waals surface area contributed by atoms with Gasteiger partial charge in [-0.1, -0.05) is 30.3 Å². The Balaban J connectivity index is 1.51. The summed E-state index contributed by atoms with van der Waals surface area (Å²) in [6.45, 7) is 4.24. The zero-order chi connectivity index (χ0) is 15.6. The maximum Gasteiger partial charge on any atom is 0.222 e. The molecular weight excluding hydrogens is 276 g/mol. The molecule has 1 heterocycles. The Bertz CT molecular complexity index is 436. The van der Waals surface area contributed by atoms with Crippen LogP contribution < -0.4 is 5.32 Å². The summed E-state index contributed by atoms with van der Waals surface area (Å²) < 4.78 is 5.63.